The van der Waals surface area contributed by atoms with Gasteiger partial charge in [0.15, 0.2) is 0 Å². The molecule has 1 N–H and O–H groups in total. The maximum Gasteiger partial charge on any atom is 0.254 e. The Hall–Kier alpha value is -1.55. The van der Waals surface area contributed by atoms with Crippen LogP contribution in [0.15, 0.2) is 29.2 Å². The molecule has 0 bridgehead atoms. The van der Waals surface area contributed by atoms with E-state index >= 15 is 0 Å². The number of benzene rings is 1. The molecular formula is C18H26FN3O4S. The topological polar surface area (TPSA) is 79.0 Å². The van der Waals surface area contributed by atoms with Gasteiger partial charge in [-0.05, 0) is 56.6 Å². The number of hydrogen-bond acceptors (Lipinski definition) is 5. The van der Waals surface area contributed by atoms with Crippen molar-refractivity contribution in [2.24, 2.45) is 0 Å². The second-order valence-electron chi connectivity index (χ2n) is 6.95. The Kier molecular flexibility index (Phi) is 6.15. The van der Waals surface area contributed by atoms with Crippen molar-refractivity contribution in [1.82, 2.24) is 14.5 Å². The van der Waals surface area contributed by atoms with Crippen LogP contribution >= 0.6 is 0 Å². The fourth-order valence-corrected chi connectivity index (χ4v) is 5.19. The summed E-state index contributed by atoms with van der Waals surface area (Å²) in [5.41, 5.74) is -0.823. The summed E-state index contributed by atoms with van der Waals surface area (Å²) >= 11 is 0. The van der Waals surface area contributed by atoms with E-state index in [1.165, 1.54) is 16.4 Å². The second-order valence-corrected chi connectivity index (χ2v) is 8.89. The van der Waals surface area contributed by atoms with Crippen LogP contribution in [0.4, 0.5) is 4.39 Å². The van der Waals surface area contributed by atoms with Crippen LogP contribution in [0.25, 0.3) is 0 Å². The first kappa shape index (κ1) is 20.2. The van der Waals surface area contributed by atoms with Gasteiger partial charge in [-0.2, -0.15) is 4.31 Å². The summed E-state index contributed by atoms with van der Waals surface area (Å²) in [6.45, 7) is 2.79. The van der Waals surface area contributed by atoms with Gasteiger partial charge in [0.25, 0.3) is 5.91 Å². The lowest BCUT2D eigenvalue weighted by molar-refractivity contribution is -0.158. The van der Waals surface area contributed by atoms with E-state index in [1.807, 2.05) is 0 Å². The van der Waals surface area contributed by atoms with Crippen molar-refractivity contribution in [2.45, 2.75) is 29.8 Å². The zero-order valence-electron chi connectivity index (χ0n) is 15.5. The molecule has 2 heterocycles. The van der Waals surface area contributed by atoms with Crippen molar-refractivity contribution in [1.29, 1.82) is 0 Å². The quantitative estimate of drug-likeness (QED) is 0.811. The largest absolute Gasteiger partial charge is 0.368 e. The minimum absolute atomic E-state index is 0.0625. The number of rotatable bonds is 4. The Morgan fingerprint density at radius 2 is 1.78 bits per heavy atom. The molecule has 3 rings (SSSR count). The fraction of sp³-hybridized carbons (Fsp3) is 0.611. The third-order valence-electron chi connectivity index (χ3n) is 5.39. The zero-order valence-corrected chi connectivity index (χ0v) is 16.3. The molecule has 0 aromatic heterocycles. The standard InChI is InChI=1S/C18H26FN3O4S/c1-26-18(7-9-20-10-8-18)17(23)21-11-2-12-22(14-13-21)27(24,25)16-5-3-15(19)4-6-16/h3-6,20H,2,7-14H2,1H3. The highest BCUT2D eigenvalue weighted by molar-refractivity contribution is 7.89. The van der Waals surface area contributed by atoms with Gasteiger partial charge in [0, 0.05) is 33.3 Å². The summed E-state index contributed by atoms with van der Waals surface area (Å²) in [5.74, 6) is -0.541. The molecule has 0 saturated carbocycles. The van der Waals surface area contributed by atoms with Crippen molar-refractivity contribution in [3.63, 3.8) is 0 Å². The Morgan fingerprint density at radius 1 is 1.11 bits per heavy atom. The lowest BCUT2D eigenvalue weighted by atomic mass is 9.90. The van der Waals surface area contributed by atoms with Crippen molar-refractivity contribution in [3.05, 3.63) is 30.1 Å². The second kappa shape index (κ2) is 8.22. The number of sulfonamides is 1. The van der Waals surface area contributed by atoms with Crippen LogP contribution in [0.5, 0.6) is 0 Å². The van der Waals surface area contributed by atoms with Crippen LogP contribution < -0.4 is 5.32 Å². The van der Waals surface area contributed by atoms with Gasteiger partial charge >= 0.3 is 0 Å². The molecule has 0 aliphatic carbocycles. The van der Waals surface area contributed by atoms with Crippen LogP contribution in [0.3, 0.4) is 0 Å². The summed E-state index contributed by atoms with van der Waals surface area (Å²) in [7, 11) is -2.15. The van der Waals surface area contributed by atoms with Crippen LogP contribution in [0, 0.1) is 5.82 Å². The number of halogens is 1. The van der Waals surface area contributed by atoms with E-state index < -0.39 is 21.4 Å². The van der Waals surface area contributed by atoms with Gasteiger partial charge in [0.2, 0.25) is 10.0 Å². The molecule has 1 aromatic rings. The number of amides is 1. The van der Waals surface area contributed by atoms with Gasteiger partial charge in [0.05, 0.1) is 4.90 Å². The highest BCUT2D eigenvalue weighted by Crippen LogP contribution is 2.26. The van der Waals surface area contributed by atoms with Crippen LogP contribution in [0.2, 0.25) is 0 Å². The summed E-state index contributed by atoms with van der Waals surface area (Å²) in [6.07, 6.45) is 1.76. The first-order valence-electron chi connectivity index (χ1n) is 9.20. The summed E-state index contributed by atoms with van der Waals surface area (Å²) < 4.78 is 45.7. The van der Waals surface area contributed by atoms with Crippen molar-refractivity contribution < 1.29 is 22.3 Å². The molecule has 7 nitrogen and oxygen atoms in total. The van der Waals surface area contributed by atoms with E-state index in [4.69, 9.17) is 4.74 Å². The molecular weight excluding hydrogens is 373 g/mol. The Bertz CT molecular complexity index is 763. The number of ether oxygens (including phenoxy) is 1. The summed E-state index contributed by atoms with van der Waals surface area (Å²) in [5, 5.41) is 3.23. The highest BCUT2D eigenvalue weighted by Gasteiger charge is 2.43. The van der Waals surface area contributed by atoms with Gasteiger partial charge in [0.1, 0.15) is 11.4 Å². The lowest BCUT2D eigenvalue weighted by Gasteiger charge is -2.38. The molecule has 2 saturated heterocycles. The number of methoxy groups -OCH3 is 1. The van der Waals surface area contributed by atoms with Crippen molar-refractivity contribution >= 4 is 15.9 Å². The Morgan fingerprint density at radius 3 is 2.41 bits per heavy atom. The monoisotopic (exact) mass is 399 g/mol. The first-order chi connectivity index (χ1) is 12.9. The van der Waals surface area contributed by atoms with Crippen molar-refractivity contribution in [2.75, 3.05) is 46.4 Å². The van der Waals surface area contributed by atoms with E-state index in [2.05, 4.69) is 5.32 Å². The average molecular weight is 399 g/mol. The number of hydrogen-bond donors (Lipinski definition) is 1. The molecule has 150 valence electrons. The van der Waals surface area contributed by atoms with E-state index in [0.29, 0.717) is 38.9 Å². The molecule has 1 amide bonds. The zero-order chi connectivity index (χ0) is 19.5. The average Bonchev–Trinajstić information content (AvgIpc) is 2.95. The molecule has 2 aliphatic heterocycles. The minimum atomic E-state index is -3.71. The van der Waals surface area contributed by atoms with Gasteiger partial charge in [-0.25, -0.2) is 12.8 Å². The number of nitrogens with zero attached hydrogens (tertiary/aromatic N) is 2. The van der Waals surface area contributed by atoms with E-state index in [9.17, 15) is 17.6 Å². The van der Waals surface area contributed by atoms with Crippen LogP contribution in [-0.2, 0) is 19.6 Å². The van der Waals surface area contributed by atoms with Crippen LogP contribution in [-0.4, -0.2) is 75.5 Å². The third-order valence-corrected chi connectivity index (χ3v) is 7.30. The fourth-order valence-electron chi connectivity index (χ4n) is 3.72. The Balaban J connectivity index is 1.71. The van der Waals surface area contributed by atoms with E-state index in [0.717, 1.165) is 25.2 Å². The Labute approximate surface area is 159 Å². The maximum atomic E-state index is 13.1. The van der Waals surface area contributed by atoms with Gasteiger partial charge in [-0.15, -0.1) is 0 Å². The summed E-state index contributed by atoms with van der Waals surface area (Å²) in [4.78, 5) is 14.9. The molecule has 0 radical (unpaired) electrons. The molecule has 0 spiro atoms. The van der Waals surface area contributed by atoms with Gasteiger partial charge in [-0.1, -0.05) is 0 Å². The van der Waals surface area contributed by atoms with E-state index in [-0.39, 0.29) is 17.3 Å². The molecule has 2 fully saturated rings. The predicted octanol–water partition coefficient (Wildman–Crippen LogP) is 0.817. The SMILES string of the molecule is COC1(C(=O)N2CCCN(S(=O)(=O)c3ccc(F)cc3)CC2)CCNCC1. The third kappa shape index (κ3) is 4.16. The predicted molar refractivity (Wildman–Crippen MR) is 98.2 cm³/mol. The smallest absolute Gasteiger partial charge is 0.254 e. The number of nitrogens with one attached hydrogen (secondary N) is 1. The molecule has 0 unspecified atom stereocenters. The molecule has 9 heteroatoms. The highest BCUT2D eigenvalue weighted by atomic mass is 32.2. The number of carbonyl (C=O) groups is 1. The first-order valence-corrected chi connectivity index (χ1v) is 10.6. The minimum Gasteiger partial charge on any atom is -0.368 e. The molecule has 1 aromatic carbocycles. The van der Waals surface area contributed by atoms with Crippen molar-refractivity contribution in [3.8, 4) is 0 Å². The normalized spacial score (nSPS) is 21.6. The number of piperidine rings is 1. The molecule has 27 heavy (non-hydrogen) atoms. The van der Waals surface area contributed by atoms with Crippen LogP contribution in [0.1, 0.15) is 19.3 Å². The molecule has 0 atom stereocenters. The van der Waals surface area contributed by atoms with Gasteiger partial charge < -0.3 is 15.0 Å². The number of carbonyl (C=O) groups excluding carboxylic acids is 1. The van der Waals surface area contributed by atoms with Gasteiger partial charge in [-0.3, -0.25) is 4.79 Å². The van der Waals surface area contributed by atoms with E-state index in [1.54, 1.807) is 12.0 Å². The molecule has 2 aliphatic rings. The maximum absolute atomic E-state index is 13.1. The summed E-state index contributed by atoms with van der Waals surface area (Å²) in [6, 6.07) is 4.82. The lowest BCUT2D eigenvalue weighted by Crippen LogP contribution is -2.56.